The summed E-state index contributed by atoms with van der Waals surface area (Å²) in [5, 5.41) is 8.76. The van der Waals surface area contributed by atoms with Crippen molar-refractivity contribution in [2.45, 2.75) is 23.6 Å². The van der Waals surface area contributed by atoms with Crippen molar-refractivity contribution in [2.24, 2.45) is 0 Å². The second-order valence-electron chi connectivity index (χ2n) is 4.54. The van der Waals surface area contributed by atoms with Gasteiger partial charge in [0.05, 0.1) is 6.20 Å². The van der Waals surface area contributed by atoms with Gasteiger partial charge in [-0.2, -0.15) is 10.2 Å². The maximum atomic E-state index is 3.99. The fourth-order valence-electron chi connectivity index (χ4n) is 2.36. The monoisotopic (exact) mass is 288 g/mol. The van der Waals surface area contributed by atoms with E-state index in [1.54, 1.807) is 6.20 Å². The molecule has 86 valence electrons. The zero-order valence-electron chi connectivity index (χ0n) is 9.44. The van der Waals surface area contributed by atoms with Gasteiger partial charge in [0, 0.05) is 16.9 Å². The van der Waals surface area contributed by atoms with E-state index in [-0.39, 0.29) is 5.41 Å². The average molecular weight is 289 g/mol. The summed E-state index contributed by atoms with van der Waals surface area (Å²) < 4.78 is 0. The van der Waals surface area contributed by atoms with Crippen LogP contribution in [0.3, 0.4) is 0 Å². The number of benzene rings is 1. The fourth-order valence-corrected chi connectivity index (χ4v) is 2.73. The van der Waals surface area contributed by atoms with E-state index in [0.717, 1.165) is 5.33 Å². The first kappa shape index (κ1) is 10.9. The summed E-state index contributed by atoms with van der Waals surface area (Å²) in [6.45, 7) is 0. The van der Waals surface area contributed by atoms with E-state index >= 15 is 0 Å². The maximum Gasteiger partial charge on any atom is 0.0537 e. The third-order valence-electron chi connectivity index (χ3n) is 3.55. The third-order valence-corrected chi connectivity index (χ3v) is 4.20. The zero-order chi connectivity index (χ0) is 11.7. The molecular weight excluding hydrogens is 276 g/mol. The minimum Gasteiger partial charge on any atom is -0.159 e. The number of nitrogens with zero attached hydrogens (tertiary/aromatic N) is 2. The maximum absolute atomic E-state index is 3.99. The molecule has 0 unspecified atom stereocenters. The molecule has 0 atom stereocenters. The largest absolute Gasteiger partial charge is 0.159 e. The van der Waals surface area contributed by atoms with Crippen LogP contribution in [0.4, 0.5) is 0 Å². The summed E-state index contributed by atoms with van der Waals surface area (Å²) in [6, 6.07) is 10.9. The lowest BCUT2D eigenvalue weighted by Crippen LogP contribution is -2.09. The lowest BCUT2D eigenvalue weighted by atomic mass is 9.89. The molecule has 1 fully saturated rings. The molecule has 0 bridgehead atoms. The zero-order valence-corrected chi connectivity index (χ0v) is 11.0. The molecule has 0 spiro atoms. The number of hydrogen-bond donors (Lipinski definition) is 0. The Labute approximate surface area is 109 Å². The van der Waals surface area contributed by atoms with E-state index in [4.69, 9.17) is 0 Å². The Morgan fingerprint density at radius 3 is 2.29 bits per heavy atom. The standard InChI is InChI=1S/C14H13BrN2/c15-9-11-1-3-12(4-2-11)14(6-7-14)13-5-8-16-17-10-13/h1-5,8,10H,6-7,9H2. The first-order valence-electron chi connectivity index (χ1n) is 5.78. The Hall–Kier alpha value is -1.22. The van der Waals surface area contributed by atoms with Crippen molar-refractivity contribution >= 4 is 15.9 Å². The molecule has 0 N–H and O–H groups in total. The first-order valence-corrected chi connectivity index (χ1v) is 6.90. The molecule has 2 nitrogen and oxygen atoms in total. The highest BCUT2D eigenvalue weighted by atomic mass is 79.9. The quantitative estimate of drug-likeness (QED) is 0.809. The average Bonchev–Trinajstić information content (AvgIpc) is 3.21. The highest BCUT2D eigenvalue weighted by Gasteiger charge is 2.45. The van der Waals surface area contributed by atoms with E-state index < -0.39 is 0 Å². The molecule has 1 saturated carbocycles. The molecule has 1 heterocycles. The van der Waals surface area contributed by atoms with Crippen LogP contribution in [0.25, 0.3) is 0 Å². The lowest BCUT2D eigenvalue weighted by molar-refractivity contribution is 0.822. The molecule has 0 saturated heterocycles. The van der Waals surface area contributed by atoms with Crippen molar-refractivity contribution in [3.05, 3.63) is 59.4 Å². The minimum atomic E-state index is 0.209. The number of hydrogen-bond acceptors (Lipinski definition) is 2. The van der Waals surface area contributed by atoms with Gasteiger partial charge in [-0.25, -0.2) is 0 Å². The van der Waals surface area contributed by atoms with Crippen LogP contribution in [0.5, 0.6) is 0 Å². The SMILES string of the molecule is BrCc1ccc(C2(c3ccnnc3)CC2)cc1. The Balaban J connectivity index is 1.98. The third kappa shape index (κ3) is 1.89. The van der Waals surface area contributed by atoms with E-state index in [9.17, 15) is 0 Å². The van der Waals surface area contributed by atoms with Crippen molar-refractivity contribution in [1.82, 2.24) is 10.2 Å². The van der Waals surface area contributed by atoms with Gasteiger partial charge >= 0.3 is 0 Å². The molecule has 3 heteroatoms. The molecule has 1 aromatic carbocycles. The number of alkyl halides is 1. The molecule has 1 aromatic heterocycles. The summed E-state index contributed by atoms with van der Waals surface area (Å²) in [6.07, 6.45) is 6.10. The van der Waals surface area contributed by atoms with Gasteiger partial charge in [0.1, 0.15) is 0 Å². The predicted molar refractivity (Wildman–Crippen MR) is 71.1 cm³/mol. The van der Waals surface area contributed by atoms with E-state index in [1.807, 2.05) is 6.20 Å². The van der Waals surface area contributed by atoms with E-state index in [1.165, 1.54) is 29.5 Å². The second-order valence-corrected chi connectivity index (χ2v) is 5.10. The van der Waals surface area contributed by atoms with E-state index in [2.05, 4.69) is 56.5 Å². The van der Waals surface area contributed by atoms with Crippen LogP contribution in [0.1, 0.15) is 29.5 Å². The number of rotatable bonds is 3. The predicted octanol–water partition coefficient (Wildman–Crippen LogP) is 3.45. The summed E-state index contributed by atoms with van der Waals surface area (Å²) in [7, 11) is 0. The first-order chi connectivity index (χ1) is 8.35. The highest BCUT2D eigenvalue weighted by molar-refractivity contribution is 9.08. The van der Waals surface area contributed by atoms with Gasteiger partial charge in [-0.05, 0) is 35.6 Å². The number of aromatic nitrogens is 2. The molecule has 0 aliphatic heterocycles. The van der Waals surface area contributed by atoms with Crippen LogP contribution in [0, 0.1) is 0 Å². The summed E-state index contributed by atoms with van der Waals surface area (Å²) in [5.74, 6) is 0. The Bertz CT molecular complexity index is 504. The van der Waals surface area contributed by atoms with Gasteiger partial charge in [0.25, 0.3) is 0 Å². The molecule has 0 radical (unpaired) electrons. The molecule has 0 amide bonds. The summed E-state index contributed by atoms with van der Waals surface area (Å²) in [5.41, 5.74) is 4.22. The van der Waals surface area contributed by atoms with Crippen LogP contribution in [-0.2, 0) is 10.7 Å². The van der Waals surface area contributed by atoms with Gasteiger partial charge in [-0.3, -0.25) is 0 Å². The van der Waals surface area contributed by atoms with Crippen molar-refractivity contribution < 1.29 is 0 Å². The van der Waals surface area contributed by atoms with Crippen LogP contribution in [0.2, 0.25) is 0 Å². The summed E-state index contributed by atoms with van der Waals surface area (Å²) in [4.78, 5) is 0. The Kier molecular flexibility index (Phi) is 2.71. The Morgan fingerprint density at radius 2 is 1.76 bits per heavy atom. The lowest BCUT2D eigenvalue weighted by Gasteiger charge is -2.15. The second kappa shape index (κ2) is 4.22. The van der Waals surface area contributed by atoms with Crippen LogP contribution in [-0.4, -0.2) is 10.2 Å². The van der Waals surface area contributed by atoms with Crippen molar-refractivity contribution in [3.8, 4) is 0 Å². The van der Waals surface area contributed by atoms with E-state index in [0.29, 0.717) is 0 Å². The Morgan fingerprint density at radius 1 is 1.00 bits per heavy atom. The van der Waals surface area contributed by atoms with Gasteiger partial charge in [-0.15, -0.1) is 0 Å². The topological polar surface area (TPSA) is 25.8 Å². The minimum absolute atomic E-state index is 0.209. The van der Waals surface area contributed by atoms with Crippen LogP contribution in [0.15, 0.2) is 42.7 Å². The molecule has 17 heavy (non-hydrogen) atoms. The molecule has 2 aromatic rings. The van der Waals surface area contributed by atoms with Gasteiger partial charge in [0.2, 0.25) is 0 Å². The van der Waals surface area contributed by atoms with Gasteiger partial charge in [0.15, 0.2) is 0 Å². The number of halogens is 1. The smallest absolute Gasteiger partial charge is 0.0537 e. The van der Waals surface area contributed by atoms with Gasteiger partial charge < -0.3 is 0 Å². The molecular formula is C14H13BrN2. The highest BCUT2D eigenvalue weighted by Crippen LogP contribution is 2.53. The summed E-state index contributed by atoms with van der Waals surface area (Å²) >= 11 is 3.47. The molecule has 3 rings (SSSR count). The van der Waals surface area contributed by atoms with Crippen molar-refractivity contribution in [3.63, 3.8) is 0 Å². The molecule has 1 aliphatic carbocycles. The fraction of sp³-hybridized carbons (Fsp3) is 0.286. The van der Waals surface area contributed by atoms with Crippen LogP contribution >= 0.6 is 15.9 Å². The van der Waals surface area contributed by atoms with Crippen LogP contribution < -0.4 is 0 Å². The van der Waals surface area contributed by atoms with Gasteiger partial charge in [-0.1, -0.05) is 40.2 Å². The normalized spacial score (nSPS) is 16.8. The van der Waals surface area contributed by atoms with Crippen molar-refractivity contribution in [2.75, 3.05) is 0 Å². The van der Waals surface area contributed by atoms with Crippen molar-refractivity contribution in [1.29, 1.82) is 0 Å². The molecule has 1 aliphatic rings.